The predicted octanol–water partition coefficient (Wildman–Crippen LogP) is 0.240. The van der Waals surface area contributed by atoms with Crippen LogP contribution in [0.15, 0.2) is 0 Å². The van der Waals surface area contributed by atoms with E-state index < -0.39 is 5.92 Å². The summed E-state index contributed by atoms with van der Waals surface area (Å²) >= 11 is 0. The van der Waals surface area contributed by atoms with Gasteiger partial charge in [0.1, 0.15) is 12.1 Å². The zero-order chi connectivity index (χ0) is 14.0. The zero-order valence-electron chi connectivity index (χ0n) is 10.7. The largest absolute Gasteiger partial charge is 0.469 e. The van der Waals surface area contributed by atoms with Gasteiger partial charge < -0.3 is 14.8 Å². The first-order chi connectivity index (χ1) is 8.54. The molecule has 0 aliphatic rings. The van der Waals surface area contributed by atoms with Crippen LogP contribution in [0.4, 0.5) is 0 Å². The maximum Gasteiger partial charge on any atom is 0.305 e. The fourth-order valence-electron chi connectivity index (χ4n) is 1.41. The van der Waals surface area contributed by atoms with E-state index in [1.807, 2.05) is 0 Å². The highest BCUT2D eigenvalue weighted by molar-refractivity contribution is 5.93. The van der Waals surface area contributed by atoms with Crippen LogP contribution in [0.25, 0.3) is 0 Å². The van der Waals surface area contributed by atoms with E-state index in [9.17, 15) is 19.2 Å². The highest BCUT2D eigenvalue weighted by Crippen LogP contribution is 2.10. The summed E-state index contributed by atoms with van der Waals surface area (Å²) in [6.07, 6.45) is 1.57. The second-order valence-corrected chi connectivity index (χ2v) is 3.85. The van der Waals surface area contributed by atoms with Gasteiger partial charge in [-0.05, 0) is 12.8 Å². The molecule has 0 aromatic rings. The average molecular weight is 257 g/mol. The van der Waals surface area contributed by atoms with Crippen molar-refractivity contribution in [3.05, 3.63) is 0 Å². The number of carbonyl (C=O) groups excluding carboxylic acids is 4. The van der Waals surface area contributed by atoms with Gasteiger partial charge in [-0.1, -0.05) is 0 Å². The third-order valence-corrected chi connectivity index (χ3v) is 2.57. The number of amides is 1. The van der Waals surface area contributed by atoms with Gasteiger partial charge in [-0.25, -0.2) is 0 Å². The third kappa shape index (κ3) is 6.78. The molecule has 0 rings (SSSR count). The Bertz CT molecular complexity index is 314. The number of carbonyl (C=O) groups is 4. The molecule has 0 spiro atoms. The fourth-order valence-corrected chi connectivity index (χ4v) is 1.41. The molecule has 0 aromatic heterocycles. The first kappa shape index (κ1) is 16.3. The Morgan fingerprint density at radius 1 is 1.22 bits per heavy atom. The fraction of sp³-hybridized carbons (Fsp3) is 0.667. The van der Waals surface area contributed by atoms with Gasteiger partial charge in [-0.15, -0.1) is 0 Å². The van der Waals surface area contributed by atoms with Crippen LogP contribution in [0, 0.1) is 5.92 Å². The molecule has 0 aliphatic carbocycles. The second kappa shape index (κ2) is 9.32. The number of Topliss-reactive ketones (excluding diaryl/α,β-unsaturated/α-hetero) is 1. The molecule has 0 fully saturated rings. The Labute approximate surface area is 106 Å². The molecule has 6 nitrogen and oxygen atoms in total. The molecule has 0 saturated carbocycles. The predicted molar refractivity (Wildman–Crippen MR) is 63.7 cm³/mol. The van der Waals surface area contributed by atoms with Gasteiger partial charge in [0.2, 0.25) is 5.91 Å². The van der Waals surface area contributed by atoms with Crippen LogP contribution in [0.3, 0.4) is 0 Å². The molecule has 0 aliphatic heterocycles. The van der Waals surface area contributed by atoms with E-state index in [-0.39, 0.29) is 43.3 Å². The molecule has 0 aromatic carbocycles. The minimum absolute atomic E-state index is 0.142. The van der Waals surface area contributed by atoms with E-state index in [0.29, 0.717) is 12.7 Å². The van der Waals surface area contributed by atoms with Crippen LogP contribution in [0.5, 0.6) is 0 Å². The Morgan fingerprint density at radius 3 is 2.39 bits per heavy atom. The minimum atomic E-state index is -0.764. The Morgan fingerprint density at radius 2 is 1.89 bits per heavy atom. The molecule has 0 radical (unpaired) electrons. The zero-order valence-corrected chi connectivity index (χ0v) is 10.7. The summed E-state index contributed by atoms with van der Waals surface area (Å²) in [5.41, 5.74) is 0. The van der Waals surface area contributed by atoms with Crippen LogP contribution in [-0.4, -0.2) is 38.1 Å². The first-order valence-electron chi connectivity index (χ1n) is 5.80. The quantitative estimate of drug-likeness (QED) is 0.363. The van der Waals surface area contributed by atoms with Crippen LogP contribution in [0.2, 0.25) is 0 Å². The highest BCUT2D eigenvalue weighted by atomic mass is 16.5. The van der Waals surface area contributed by atoms with Crippen molar-refractivity contribution in [2.24, 2.45) is 5.92 Å². The van der Waals surface area contributed by atoms with Crippen molar-refractivity contribution in [2.45, 2.75) is 32.1 Å². The number of hydrogen-bond donors (Lipinski definition) is 1. The number of hydrogen-bond acceptors (Lipinski definition) is 5. The highest BCUT2D eigenvalue weighted by Gasteiger charge is 2.18. The molecule has 1 N–H and O–H groups in total. The number of ether oxygens (including phenoxy) is 1. The molecule has 0 bridgehead atoms. The summed E-state index contributed by atoms with van der Waals surface area (Å²) in [5, 5.41) is 2.42. The van der Waals surface area contributed by atoms with E-state index in [2.05, 4.69) is 10.1 Å². The first-order valence-corrected chi connectivity index (χ1v) is 5.80. The number of nitrogens with one attached hydrogen (secondary N) is 1. The lowest BCUT2D eigenvalue weighted by molar-refractivity contribution is -0.140. The van der Waals surface area contributed by atoms with Crippen molar-refractivity contribution in [1.82, 2.24) is 5.32 Å². The van der Waals surface area contributed by atoms with E-state index in [1.165, 1.54) is 14.2 Å². The Kier molecular flexibility index (Phi) is 8.43. The smallest absolute Gasteiger partial charge is 0.305 e. The molecule has 0 heterocycles. The molecular formula is C12H19NO5. The van der Waals surface area contributed by atoms with Gasteiger partial charge in [0, 0.05) is 26.3 Å². The van der Waals surface area contributed by atoms with Crippen LogP contribution < -0.4 is 5.32 Å². The number of methoxy groups -OCH3 is 1. The lowest BCUT2D eigenvalue weighted by atomic mass is 9.96. The molecule has 102 valence electrons. The van der Waals surface area contributed by atoms with E-state index >= 15 is 0 Å². The summed E-state index contributed by atoms with van der Waals surface area (Å²) in [6, 6.07) is 0. The normalized spacial score (nSPS) is 11.4. The maximum absolute atomic E-state index is 11.6. The molecule has 0 saturated heterocycles. The summed E-state index contributed by atoms with van der Waals surface area (Å²) in [6.45, 7) is 0. The SMILES string of the molecule is CNC(=O)CCC(C=O)C(=O)CCCC(=O)OC. The van der Waals surface area contributed by atoms with Gasteiger partial charge in [0.25, 0.3) is 0 Å². The minimum Gasteiger partial charge on any atom is -0.469 e. The summed E-state index contributed by atoms with van der Waals surface area (Å²) in [4.78, 5) is 44.2. The molecule has 1 atom stereocenters. The number of aldehydes is 1. The van der Waals surface area contributed by atoms with Crippen molar-refractivity contribution in [2.75, 3.05) is 14.2 Å². The number of ketones is 1. The standard InChI is InChI=1S/C12H19NO5/c1-13-11(16)7-6-9(8-14)10(15)4-3-5-12(17)18-2/h8-9H,3-7H2,1-2H3,(H,13,16). The van der Waals surface area contributed by atoms with Crippen molar-refractivity contribution in [1.29, 1.82) is 0 Å². The average Bonchev–Trinajstić information content (AvgIpc) is 2.38. The Balaban J connectivity index is 3.99. The van der Waals surface area contributed by atoms with Crippen molar-refractivity contribution in [3.63, 3.8) is 0 Å². The summed E-state index contributed by atoms with van der Waals surface area (Å²) in [5.74, 6) is -1.59. The van der Waals surface area contributed by atoms with Crippen LogP contribution in [0.1, 0.15) is 32.1 Å². The molecule has 1 amide bonds. The van der Waals surface area contributed by atoms with E-state index in [1.54, 1.807) is 0 Å². The number of rotatable bonds is 9. The van der Waals surface area contributed by atoms with Gasteiger partial charge in [0.05, 0.1) is 13.0 Å². The number of esters is 1. The van der Waals surface area contributed by atoms with E-state index in [4.69, 9.17) is 0 Å². The molecule has 1 unspecified atom stereocenters. The van der Waals surface area contributed by atoms with Gasteiger partial charge in [0.15, 0.2) is 0 Å². The van der Waals surface area contributed by atoms with Crippen molar-refractivity contribution < 1.29 is 23.9 Å². The second-order valence-electron chi connectivity index (χ2n) is 3.85. The van der Waals surface area contributed by atoms with Crippen LogP contribution in [-0.2, 0) is 23.9 Å². The Hall–Kier alpha value is -1.72. The third-order valence-electron chi connectivity index (χ3n) is 2.57. The van der Waals surface area contributed by atoms with E-state index in [0.717, 1.165) is 0 Å². The molecule has 18 heavy (non-hydrogen) atoms. The van der Waals surface area contributed by atoms with Gasteiger partial charge in [-0.2, -0.15) is 0 Å². The van der Waals surface area contributed by atoms with Crippen LogP contribution >= 0.6 is 0 Å². The van der Waals surface area contributed by atoms with Crippen molar-refractivity contribution in [3.8, 4) is 0 Å². The van der Waals surface area contributed by atoms with Gasteiger partial charge >= 0.3 is 5.97 Å². The molecule has 6 heteroatoms. The lowest BCUT2D eigenvalue weighted by Gasteiger charge is -2.08. The maximum atomic E-state index is 11.6. The molecular weight excluding hydrogens is 238 g/mol. The summed E-state index contributed by atoms with van der Waals surface area (Å²) in [7, 11) is 2.78. The monoisotopic (exact) mass is 257 g/mol. The van der Waals surface area contributed by atoms with Gasteiger partial charge in [-0.3, -0.25) is 14.4 Å². The van der Waals surface area contributed by atoms with Crippen molar-refractivity contribution >= 4 is 23.9 Å². The lowest BCUT2D eigenvalue weighted by Crippen LogP contribution is -2.22. The topological polar surface area (TPSA) is 89.5 Å². The summed E-state index contributed by atoms with van der Waals surface area (Å²) < 4.78 is 4.44.